The molecule has 2 N–H and O–H groups in total. The maximum atomic E-state index is 12.5. The van der Waals surface area contributed by atoms with Crippen molar-refractivity contribution in [3.63, 3.8) is 0 Å². The van der Waals surface area contributed by atoms with E-state index in [-0.39, 0.29) is 11.3 Å². The number of nitrogens with zero attached hydrogens (tertiary/aromatic N) is 3. The van der Waals surface area contributed by atoms with E-state index in [0.717, 1.165) is 34.3 Å². The quantitative estimate of drug-likeness (QED) is 0.365. The van der Waals surface area contributed by atoms with E-state index in [0.29, 0.717) is 4.88 Å². The van der Waals surface area contributed by atoms with Gasteiger partial charge in [-0.2, -0.15) is 0 Å². The molecule has 0 aliphatic heterocycles. The summed E-state index contributed by atoms with van der Waals surface area (Å²) in [6.45, 7) is 2.76. The topological polar surface area (TPSA) is 119 Å². The first-order valence-electron chi connectivity index (χ1n) is 9.38. The summed E-state index contributed by atoms with van der Waals surface area (Å²) in [5.41, 5.74) is 6.38. The fraction of sp³-hybridized carbons (Fsp3) is 0.0952. The normalized spacial score (nSPS) is 10.7. The minimum Gasteiger partial charge on any atom is -0.324 e. The molecule has 2 heterocycles. The zero-order valence-corrected chi connectivity index (χ0v) is 17.2. The Morgan fingerprint density at radius 3 is 2.61 bits per heavy atom. The summed E-state index contributed by atoms with van der Waals surface area (Å²) >= 11 is 1.26. The maximum absolute atomic E-state index is 12.5. The minimum atomic E-state index is -0.651. The van der Waals surface area contributed by atoms with Crippen molar-refractivity contribution in [1.82, 2.24) is 20.4 Å². The number of aryl methyl sites for hydroxylation is 1. The smallest absolute Gasteiger partial charge is 0.279 e. The van der Waals surface area contributed by atoms with E-state index in [1.807, 2.05) is 37.3 Å². The Balaban J connectivity index is 1.48. The number of imidazole rings is 1. The van der Waals surface area contributed by atoms with Crippen molar-refractivity contribution >= 4 is 39.9 Å². The fourth-order valence-corrected chi connectivity index (χ4v) is 4.07. The number of non-ortho nitro benzene ring substituents is 1. The molecule has 0 atom stereocenters. The van der Waals surface area contributed by atoms with Crippen LogP contribution in [-0.4, -0.2) is 26.3 Å². The molecule has 0 spiro atoms. The molecule has 2 aromatic carbocycles. The van der Waals surface area contributed by atoms with Crippen LogP contribution in [0.25, 0.3) is 21.7 Å². The predicted molar refractivity (Wildman–Crippen MR) is 117 cm³/mol. The average molecular weight is 435 g/mol. The second-order valence-electron chi connectivity index (χ2n) is 6.55. The number of carbonyl (C=O) groups is 2. The number of carbonyl (C=O) groups excluding carboxylic acids is 2. The van der Waals surface area contributed by atoms with Crippen LogP contribution in [-0.2, 0) is 6.54 Å². The van der Waals surface area contributed by atoms with Crippen LogP contribution in [0.15, 0.2) is 60.7 Å². The van der Waals surface area contributed by atoms with E-state index in [9.17, 15) is 19.7 Å². The summed E-state index contributed by atoms with van der Waals surface area (Å²) in [4.78, 5) is 40.8. The van der Waals surface area contributed by atoms with Crippen LogP contribution in [0.2, 0.25) is 0 Å². The summed E-state index contributed by atoms with van der Waals surface area (Å²) in [5, 5.41) is 10.8. The third-order valence-corrected chi connectivity index (χ3v) is 5.71. The number of thiophene rings is 1. The Hall–Kier alpha value is -4.05. The number of hydrogen-bond donors (Lipinski definition) is 2. The van der Waals surface area contributed by atoms with Gasteiger partial charge in [0.2, 0.25) is 0 Å². The summed E-state index contributed by atoms with van der Waals surface area (Å²) in [7, 11) is 0. The largest absolute Gasteiger partial charge is 0.324 e. The summed E-state index contributed by atoms with van der Waals surface area (Å²) in [5.74, 6) is -0.371. The van der Waals surface area contributed by atoms with Crippen molar-refractivity contribution in [3.8, 4) is 10.7 Å². The SMILES string of the molecule is CCn1c(-c2ccc(C(=O)NNC(=O)c3cccc([N+](=O)[O-])c3)s2)nc2ccccc21. The maximum Gasteiger partial charge on any atom is 0.279 e. The van der Waals surface area contributed by atoms with Gasteiger partial charge < -0.3 is 4.57 Å². The van der Waals surface area contributed by atoms with Gasteiger partial charge in [0.25, 0.3) is 17.5 Å². The summed E-state index contributed by atoms with van der Waals surface area (Å²) in [6, 6.07) is 16.5. The second kappa shape index (κ2) is 8.36. The van der Waals surface area contributed by atoms with Gasteiger partial charge in [-0.15, -0.1) is 11.3 Å². The first-order valence-corrected chi connectivity index (χ1v) is 10.2. The molecule has 2 aromatic heterocycles. The van der Waals surface area contributed by atoms with Gasteiger partial charge in [-0.1, -0.05) is 18.2 Å². The minimum absolute atomic E-state index is 0.0676. The van der Waals surface area contributed by atoms with Crippen molar-refractivity contribution in [2.24, 2.45) is 0 Å². The zero-order valence-electron chi connectivity index (χ0n) is 16.4. The van der Waals surface area contributed by atoms with Crippen molar-refractivity contribution < 1.29 is 14.5 Å². The lowest BCUT2D eigenvalue weighted by atomic mass is 10.2. The van der Waals surface area contributed by atoms with Crippen LogP contribution < -0.4 is 10.9 Å². The van der Waals surface area contributed by atoms with Crippen LogP contribution in [0, 0.1) is 10.1 Å². The number of amides is 2. The highest BCUT2D eigenvalue weighted by molar-refractivity contribution is 7.17. The van der Waals surface area contributed by atoms with Gasteiger partial charge in [0.15, 0.2) is 5.82 Å². The Morgan fingerprint density at radius 1 is 1.06 bits per heavy atom. The van der Waals surface area contributed by atoms with Crippen molar-refractivity contribution in [2.75, 3.05) is 0 Å². The molecule has 156 valence electrons. The number of aromatic nitrogens is 2. The highest BCUT2D eigenvalue weighted by Gasteiger charge is 2.17. The standard InChI is InChI=1S/C21H17N5O4S/c1-2-25-16-9-4-3-8-15(16)22-19(25)17-10-11-18(31-17)21(28)24-23-20(27)13-6-5-7-14(12-13)26(29)30/h3-12H,2H2,1H3,(H,23,27)(H,24,28). The molecule has 0 fully saturated rings. The van der Waals surface area contributed by atoms with Gasteiger partial charge >= 0.3 is 0 Å². The highest BCUT2D eigenvalue weighted by Crippen LogP contribution is 2.30. The Bertz CT molecular complexity index is 1310. The van der Waals surface area contributed by atoms with Gasteiger partial charge in [0.1, 0.15) is 0 Å². The summed E-state index contributed by atoms with van der Waals surface area (Å²) in [6.07, 6.45) is 0. The second-order valence-corrected chi connectivity index (χ2v) is 7.63. The summed E-state index contributed by atoms with van der Waals surface area (Å²) < 4.78 is 2.08. The fourth-order valence-electron chi connectivity index (χ4n) is 3.17. The molecule has 0 bridgehead atoms. The lowest BCUT2D eigenvalue weighted by molar-refractivity contribution is -0.384. The number of rotatable bonds is 5. The third kappa shape index (κ3) is 4.01. The van der Waals surface area contributed by atoms with Gasteiger partial charge in [0, 0.05) is 24.2 Å². The van der Waals surface area contributed by atoms with E-state index < -0.39 is 16.7 Å². The number of hydrazine groups is 1. The lowest BCUT2D eigenvalue weighted by Crippen LogP contribution is -2.41. The van der Waals surface area contributed by atoms with Crippen LogP contribution in [0.4, 0.5) is 5.69 Å². The third-order valence-electron chi connectivity index (χ3n) is 4.63. The van der Waals surface area contributed by atoms with Gasteiger partial charge in [0.05, 0.1) is 25.7 Å². The molecule has 0 unspecified atom stereocenters. The first-order chi connectivity index (χ1) is 15.0. The van der Waals surface area contributed by atoms with Gasteiger partial charge in [-0.25, -0.2) is 4.98 Å². The zero-order chi connectivity index (χ0) is 22.0. The van der Waals surface area contributed by atoms with E-state index in [1.165, 1.54) is 29.5 Å². The van der Waals surface area contributed by atoms with Gasteiger partial charge in [-0.05, 0) is 37.3 Å². The number of nitro groups is 1. The van der Waals surface area contributed by atoms with Crippen molar-refractivity contribution in [1.29, 1.82) is 0 Å². The molecule has 0 aliphatic rings. The number of hydrogen-bond acceptors (Lipinski definition) is 6. The van der Waals surface area contributed by atoms with Crippen LogP contribution in [0.3, 0.4) is 0 Å². The van der Waals surface area contributed by atoms with Crippen molar-refractivity contribution in [3.05, 3.63) is 81.2 Å². The predicted octanol–water partition coefficient (Wildman–Crippen LogP) is 3.77. The van der Waals surface area contributed by atoms with Gasteiger partial charge in [-0.3, -0.25) is 30.6 Å². The van der Waals surface area contributed by atoms with E-state index in [1.54, 1.807) is 6.07 Å². The number of nitro benzene ring substituents is 1. The molecule has 0 aliphatic carbocycles. The molecule has 0 saturated carbocycles. The molecule has 10 heteroatoms. The molecule has 9 nitrogen and oxygen atoms in total. The Kier molecular flexibility index (Phi) is 5.46. The van der Waals surface area contributed by atoms with Crippen LogP contribution >= 0.6 is 11.3 Å². The van der Waals surface area contributed by atoms with Crippen LogP contribution in [0.5, 0.6) is 0 Å². The highest BCUT2D eigenvalue weighted by atomic mass is 32.1. The molecular weight excluding hydrogens is 418 g/mol. The van der Waals surface area contributed by atoms with E-state index in [2.05, 4.69) is 20.4 Å². The van der Waals surface area contributed by atoms with Crippen molar-refractivity contribution in [2.45, 2.75) is 13.5 Å². The monoisotopic (exact) mass is 435 g/mol. The number of benzene rings is 2. The lowest BCUT2D eigenvalue weighted by Gasteiger charge is -2.06. The number of para-hydroxylation sites is 2. The van der Waals surface area contributed by atoms with E-state index >= 15 is 0 Å². The number of fused-ring (bicyclic) bond motifs is 1. The Labute approximate surface area is 180 Å². The van der Waals surface area contributed by atoms with E-state index in [4.69, 9.17) is 0 Å². The molecule has 0 radical (unpaired) electrons. The first kappa shape index (κ1) is 20.2. The molecule has 31 heavy (non-hydrogen) atoms. The molecule has 4 rings (SSSR count). The molecule has 2 amide bonds. The molecule has 4 aromatic rings. The van der Waals surface area contributed by atoms with Crippen LogP contribution in [0.1, 0.15) is 27.0 Å². The molecule has 0 saturated heterocycles. The Morgan fingerprint density at radius 2 is 1.84 bits per heavy atom. The molecular formula is C21H17N5O4S. The average Bonchev–Trinajstić information content (AvgIpc) is 3.41. The number of nitrogens with one attached hydrogen (secondary N) is 2.